The van der Waals surface area contributed by atoms with Crippen LogP contribution in [0.5, 0.6) is 11.5 Å². The van der Waals surface area contributed by atoms with Crippen molar-refractivity contribution in [1.82, 2.24) is 5.32 Å². The monoisotopic (exact) mass is 245 g/mol. The van der Waals surface area contributed by atoms with E-state index in [-0.39, 0.29) is 12.1 Å². The highest BCUT2D eigenvalue weighted by atomic mass is 16.6. The van der Waals surface area contributed by atoms with Gasteiger partial charge in [0.05, 0.1) is 18.6 Å². The maximum atomic E-state index is 5.98. The fraction of sp³-hybridized carbons (Fsp3) is 0.286. The first-order chi connectivity index (χ1) is 8.88. The van der Waals surface area contributed by atoms with Crippen LogP contribution >= 0.6 is 0 Å². The number of para-hydroxylation sites is 2. The Bertz CT molecular complexity index is 510. The van der Waals surface area contributed by atoms with Gasteiger partial charge in [0.2, 0.25) is 0 Å². The molecule has 2 heterocycles. The summed E-state index contributed by atoms with van der Waals surface area (Å²) in [4.78, 5) is 0. The SMILES string of the molecule is CNC(c1ccoc1)C1COc2ccccc2O1. The molecule has 0 radical (unpaired) electrons. The molecule has 2 atom stereocenters. The number of ether oxygens (including phenoxy) is 2. The molecule has 0 amide bonds. The zero-order valence-corrected chi connectivity index (χ0v) is 10.1. The normalized spacial score (nSPS) is 19.5. The third-order valence-corrected chi connectivity index (χ3v) is 3.12. The summed E-state index contributed by atoms with van der Waals surface area (Å²) in [6.45, 7) is 0.522. The zero-order valence-electron chi connectivity index (χ0n) is 10.1. The van der Waals surface area contributed by atoms with Gasteiger partial charge in [0, 0.05) is 5.56 Å². The van der Waals surface area contributed by atoms with Gasteiger partial charge in [0.15, 0.2) is 17.6 Å². The minimum atomic E-state index is -0.0671. The van der Waals surface area contributed by atoms with Crippen LogP contribution in [0.25, 0.3) is 0 Å². The number of likely N-dealkylation sites (N-methyl/N-ethyl adjacent to an activating group) is 1. The van der Waals surface area contributed by atoms with Crippen molar-refractivity contribution >= 4 is 0 Å². The summed E-state index contributed by atoms with van der Waals surface area (Å²) in [7, 11) is 1.90. The number of benzene rings is 1. The Morgan fingerprint density at radius 3 is 2.78 bits per heavy atom. The minimum Gasteiger partial charge on any atom is -0.486 e. The Morgan fingerprint density at radius 1 is 1.22 bits per heavy atom. The number of fused-ring (bicyclic) bond motifs is 1. The van der Waals surface area contributed by atoms with E-state index in [1.807, 2.05) is 37.4 Å². The Morgan fingerprint density at radius 2 is 2.06 bits per heavy atom. The van der Waals surface area contributed by atoms with Crippen molar-refractivity contribution < 1.29 is 13.9 Å². The Kier molecular flexibility index (Phi) is 2.94. The molecule has 1 aliphatic rings. The lowest BCUT2D eigenvalue weighted by atomic mass is 10.0. The van der Waals surface area contributed by atoms with Crippen LogP contribution in [0.4, 0.5) is 0 Å². The molecule has 94 valence electrons. The molecule has 18 heavy (non-hydrogen) atoms. The molecule has 3 rings (SSSR count). The van der Waals surface area contributed by atoms with Crippen LogP contribution in [0.2, 0.25) is 0 Å². The largest absolute Gasteiger partial charge is 0.486 e. The van der Waals surface area contributed by atoms with Crippen LogP contribution in [-0.2, 0) is 0 Å². The zero-order chi connectivity index (χ0) is 12.4. The average Bonchev–Trinajstić information content (AvgIpc) is 2.93. The van der Waals surface area contributed by atoms with E-state index in [0.29, 0.717) is 6.61 Å². The van der Waals surface area contributed by atoms with Crippen LogP contribution < -0.4 is 14.8 Å². The number of hydrogen-bond donors (Lipinski definition) is 1. The van der Waals surface area contributed by atoms with Crippen LogP contribution in [-0.4, -0.2) is 19.8 Å². The summed E-state index contributed by atoms with van der Waals surface area (Å²) < 4.78 is 16.8. The van der Waals surface area contributed by atoms with Crippen molar-refractivity contribution in [3.05, 3.63) is 48.4 Å². The highest BCUT2D eigenvalue weighted by Crippen LogP contribution is 2.34. The fourth-order valence-electron chi connectivity index (χ4n) is 2.22. The molecule has 1 aromatic heterocycles. The van der Waals surface area contributed by atoms with E-state index in [9.17, 15) is 0 Å². The number of hydrogen-bond acceptors (Lipinski definition) is 4. The van der Waals surface area contributed by atoms with E-state index in [0.717, 1.165) is 17.1 Å². The van der Waals surface area contributed by atoms with Gasteiger partial charge in [-0.3, -0.25) is 0 Å². The van der Waals surface area contributed by atoms with Gasteiger partial charge in [-0.1, -0.05) is 12.1 Å². The highest BCUT2D eigenvalue weighted by Gasteiger charge is 2.29. The second-order valence-electron chi connectivity index (χ2n) is 4.24. The summed E-state index contributed by atoms with van der Waals surface area (Å²) in [6, 6.07) is 9.70. The summed E-state index contributed by atoms with van der Waals surface area (Å²) >= 11 is 0. The molecule has 0 spiro atoms. The van der Waals surface area contributed by atoms with Crippen molar-refractivity contribution in [2.45, 2.75) is 12.1 Å². The third-order valence-electron chi connectivity index (χ3n) is 3.12. The smallest absolute Gasteiger partial charge is 0.161 e. The van der Waals surface area contributed by atoms with E-state index >= 15 is 0 Å². The van der Waals surface area contributed by atoms with Crippen LogP contribution in [0.15, 0.2) is 47.3 Å². The second kappa shape index (κ2) is 4.74. The third kappa shape index (κ3) is 1.95. The van der Waals surface area contributed by atoms with Crippen molar-refractivity contribution in [3.8, 4) is 11.5 Å². The summed E-state index contributed by atoms with van der Waals surface area (Å²) in [5.41, 5.74) is 1.06. The van der Waals surface area contributed by atoms with Crippen LogP contribution in [0.1, 0.15) is 11.6 Å². The fourth-order valence-corrected chi connectivity index (χ4v) is 2.22. The second-order valence-corrected chi connectivity index (χ2v) is 4.24. The average molecular weight is 245 g/mol. The van der Waals surface area contributed by atoms with Crippen molar-refractivity contribution in [1.29, 1.82) is 0 Å². The van der Waals surface area contributed by atoms with Gasteiger partial charge in [0.1, 0.15) is 6.61 Å². The van der Waals surface area contributed by atoms with Crippen LogP contribution in [0.3, 0.4) is 0 Å². The number of furan rings is 1. The minimum absolute atomic E-state index is 0.0529. The van der Waals surface area contributed by atoms with E-state index < -0.39 is 0 Å². The predicted octanol–water partition coefficient (Wildman–Crippen LogP) is 2.38. The molecule has 1 aromatic carbocycles. The van der Waals surface area contributed by atoms with Gasteiger partial charge in [-0.05, 0) is 25.2 Å². The van der Waals surface area contributed by atoms with E-state index in [1.165, 1.54) is 0 Å². The highest BCUT2D eigenvalue weighted by molar-refractivity contribution is 5.41. The lowest BCUT2D eigenvalue weighted by Crippen LogP contribution is -2.40. The van der Waals surface area contributed by atoms with Gasteiger partial charge in [-0.15, -0.1) is 0 Å². The number of rotatable bonds is 3. The maximum Gasteiger partial charge on any atom is 0.161 e. The van der Waals surface area contributed by atoms with Gasteiger partial charge in [-0.25, -0.2) is 0 Å². The maximum absolute atomic E-state index is 5.98. The lowest BCUT2D eigenvalue weighted by Gasteiger charge is -2.31. The van der Waals surface area contributed by atoms with Crippen LogP contribution in [0, 0.1) is 0 Å². The first kappa shape index (κ1) is 11.2. The molecule has 2 unspecified atom stereocenters. The molecule has 0 bridgehead atoms. The first-order valence-electron chi connectivity index (χ1n) is 5.96. The summed E-state index contributed by atoms with van der Waals surface area (Å²) in [5.74, 6) is 1.59. The molecule has 0 fully saturated rings. The molecule has 1 aliphatic heterocycles. The van der Waals surface area contributed by atoms with E-state index in [4.69, 9.17) is 13.9 Å². The lowest BCUT2D eigenvalue weighted by molar-refractivity contribution is 0.0637. The van der Waals surface area contributed by atoms with Gasteiger partial charge < -0.3 is 19.2 Å². The molecule has 0 saturated carbocycles. The van der Waals surface area contributed by atoms with Gasteiger partial charge >= 0.3 is 0 Å². The Labute approximate surface area is 106 Å². The van der Waals surface area contributed by atoms with Crippen molar-refractivity contribution in [2.24, 2.45) is 0 Å². The molecule has 4 heteroatoms. The molecule has 1 N–H and O–H groups in total. The molecule has 4 nitrogen and oxygen atoms in total. The van der Waals surface area contributed by atoms with Gasteiger partial charge in [-0.2, -0.15) is 0 Å². The topological polar surface area (TPSA) is 43.6 Å². The molecule has 2 aromatic rings. The first-order valence-corrected chi connectivity index (χ1v) is 5.96. The summed E-state index contributed by atoms with van der Waals surface area (Å²) in [6.07, 6.45) is 3.32. The molecular weight excluding hydrogens is 230 g/mol. The molecule has 0 aliphatic carbocycles. The van der Waals surface area contributed by atoms with Crippen molar-refractivity contribution in [2.75, 3.05) is 13.7 Å². The number of nitrogens with one attached hydrogen (secondary N) is 1. The Balaban J connectivity index is 1.82. The standard InChI is InChI=1S/C14H15NO3/c1-15-14(10-6-7-16-8-10)13-9-17-11-4-2-3-5-12(11)18-13/h2-8,13-15H,9H2,1H3. The Hall–Kier alpha value is -1.94. The molecular formula is C14H15NO3. The quantitative estimate of drug-likeness (QED) is 0.901. The van der Waals surface area contributed by atoms with Gasteiger partial charge in [0.25, 0.3) is 0 Å². The predicted molar refractivity (Wildman–Crippen MR) is 66.9 cm³/mol. The molecule has 0 saturated heterocycles. The van der Waals surface area contributed by atoms with E-state index in [1.54, 1.807) is 12.5 Å². The summed E-state index contributed by atoms with van der Waals surface area (Å²) in [5, 5.41) is 3.24. The van der Waals surface area contributed by atoms with E-state index in [2.05, 4.69) is 5.32 Å². The van der Waals surface area contributed by atoms with Crippen molar-refractivity contribution in [3.63, 3.8) is 0 Å².